The summed E-state index contributed by atoms with van der Waals surface area (Å²) in [6.07, 6.45) is 1.59. The second-order valence-electron chi connectivity index (χ2n) is 6.52. The number of carbonyl (C=O) groups is 3. The van der Waals surface area contributed by atoms with Crippen LogP contribution in [-0.4, -0.2) is 52.6 Å². The molecule has 0 bridgehead atoms. The summed E-state index contributed by atoms with van der Waals surface area (Å²) in [5, 5.41) is 11.9. The smallest absolute Gasteiger partial charge is 0.348 e. The Morgan fingerprint density at radius 1 is 1.19 bits per heavy atom. The SMILES string of the molecule is CCn1c(SCC(=O)Nc2sc(C(=O)OC)c(C)c2C(=O)OC)nnc1-c1ccoc1C. The third-order valence-electron chi connectivity index (χ3n) is 4.63. The molecule has 10 nitrogen and oxygen atoms in total. The van der Waals surface area contributed by atoms with Gasteiger partial charge in [-0.25, -0.2) is 9.59 Å². The molecule has 3 aromatic heterocycles. The summed E-state index contributed by atoms with van der Waals surface area (Å²) in [6, 6.07) is 1.82. The number of amides is 1. The molecular weight excluding hydrogens is 456 g/mol. The number of thioether (sulfide) groups is 1. The van der Waals surface area contributed by atoms with Crippen LogP contribution in [0.15, 0.2) is 21.9 Å². The second kappa shape index (κ2) is 10.0. The number of thiophene rings is 1. The summed E-state index contributed by atoms with van der Waals surface area (Å²) >= 11 is 2.17. The van der Waals surface area contributed by atoms with Gasteiger partial charge in [-0.15, -0.1) is 21.5 Å². The number of hydrogen-bond donors (Lipinski definition) is 1. The van der Waals surface area contributed by atoms with Gasteiger partial charge in [0.25, 0.3) is 0 Å². The van der Waals surface area contributed by atoms with Gasteiger partial charge in [-0.05, 0) is 32.4 Å². The van der Waals surface area contributed by atoms with Gasteiger partial charge in [0.15, 0.2) is 11.0 Å². The van der Waals surface area contributed by atoms with Crippen molar-refractivity contribution in [2.45, 2.75) is 32.5 Å². The van der Waals surface area contributed by atoms with E-state index >= 15 is 0 Å². The minimum Gasteiger partial charge on any atom is -0.469 e. The molecule has 3 heterocycles. The van der Waals surface area contributed by atoms with Gasteiger partial charge in [0.2, 0.25) is 5.91 Å². The van der Waals surface area contributed by atoms with Gasteiger partial charge in [0.1, 0.15) is 15.6 Å². The fraction of sp³-hybridized carbons (Fsp3) is 0.350. The Morgan fingerprint density at radius 2 is 1.91 bits per heavy atom. The molecular formula is C20H22N4O6S2. The molecule has 0 radical (unpaired) electrons. The molecule has 1 amide bonds. The van der Waals surface area contributed by atoms with Crippen LogP contribution >= 0.6 is 23.1 Å². The first-order valence-electron chi connectivity index (χ1n) is 9.52. The van der Waals surface area contributed by atoms with Crippen LogP contribution in [0.1, 0.15) is 38.3 Å². The average Bonchev–Trinajstić information content (AvgIpc) is 3.47. The third kappa shape index (κ3) is 4.55. The number of anilines is 1. The predicted octanol–water partition coefficient (Wildman–Crippen LogP) is 3.54. The van der Waals surface area contributed by atoms with E-state index in [-0.39, 0.29) is 27.1 Å². The second-order valence-corrected chi connectivity index (χ2v) is 8.48. The molecule has 0 aliphatic carbocycles. The molecule has 12 heteroatoms. The van der Waals surface area contributed by atoms with Crippen molar-refractivity contribution in [3.8, 4) is 11.4 Å². The highest BCUT2D eigenvalue weighted by atomic mass is 32.2. The first kappa shape index (κ1) is 23.5. The number of aromatic nitrogens is 3. The van der Waals surface area contributed by atoms with Crippen LogP contribution in [0.5, 0.6) is 0 Å². The number of methoxy groups -OCH3 is 2. The van der Waals surface area contributed by atoms with Crippen molar-refractivity contribution in [1.82, 2.24) is 14.8 Å². The Morgan fingerprint density at radius 3 is 2.50 bits per heavy atom. The zero-order chi connectivity index (χ0) is 23.4. The molecule has 0 atom stereocenters. The van der Waals surface area contributed by atoms with Crippen molar-refractivity contribution in [3.63, 3.8) is 0 Å². The normalized spacial score (nSPS) is 10.8. The number of carbonyl (C=O) groups excluding carboxylic acids is 3. The van der Waals surface area contributed by atoms with Crippen molar-refractivity contribution in [3.05, 3.63) is 34.1 Å². The lowest BCUT2D eigenvalue weighted by Gasteiger charge is -2.08. The fourth-order valence-electron chi connectivity index (χ4n) is 3.03. The average molecular weight is 479 g/mol. The van der Waals surface area contributed by atoms with Gasteiger partial charge in [-0.1, -0.05) is 11.8 Å². The molecule has 0 saturated carbocycles. The first-order chi connectivity index (χ1) is 15.3. The number of esters is 2. The maximum atomic E-state index is 12.6. The first-order valence-corrected chi connectivity index (χ1v) is 11.3. The van der Waals surface area contributed by atoms with Gasteiger partial charge >= 0.3 is 11.9 Å². The third-order valence-corrected chi connectivity index (χ3v) is 6.78. The highest BCUT2D eigenvalue weighted by Gasteiger charge is 2.27. The molecule has 1 N–H and O–H groups in total. The fourth-order valence-corrected chi connectivity index (χ4v) is 4.96. The predicted molar refractivity (Wildman–Crippen MR) is 119 cm³/mol. The molecule has 0 aromatic carbocycles. The monoisotopic (exact) mass is 478 g/mol. The van der Waals surface area contributed by atoms with Gasteiger partial charge in [-0.3, -0.25) is 4.79 Å². The van der Waals surface area contributed by atoms with E-state index in [2.05, 4.69) is 15.5 Å². The van der Waals surface area contributed by atoms with Crippen LogP contribution in [0, 0.1) is 13.8 Å². The van der Waals surface area contributed by atoms with Crippen molar-refractivity contribution in [2.75, 3.05) is 25.3 Å². The lowest BCUT2D eigenvalue weighted by molar-refractivity contribution is -0.113. The number of ether oxygens (including phenoxy) is 2. The molecule has 0 aliphatic rings. The van der Waals surface area contributed by atoms with Crippen molar-refractivity contribution < 1.29 is 28.3 Å². The van der Waals surface area contributed by atoms with E-state index in [0.29, 0.717) is 23.1 Å². The quantitative estimate of drug-likeness (QED) is 0.382. The van der Waals surface area contributed by atoms with E-state index in [1.54, 1.807) is 13.2 Å². The number of rotatable bonds is 8. The van der Waals surface area contributed by atoms with Gasteiger partial charge in [-0.2, -0.15) is 0 Å². The van der Waals surface area contributed by atoms with E-state index in [4.69, 9.17) is 13.9 Å². The number of nitrogens with one attached hydrogen (secondary N) is 1. The molecule has 0 spiro atoms. The van der Waals surface area contributed by atoms with E-state index in [9.17, 15) is 14.4 Å². The van der Waals surface area contributed by atoms with E-state index in [1.165, 1.54) is 26.0 Å². The van der Waals surface area contributed by atoms with Crippen LogP contribution in [0.3, 0.4) is 0 Å². The Balaban J connectivity index is 1.77. The molecule has 170 valence electrons. The lowest BCUT2D eigenvalue weighted by Crippen LogP contribution is -2.16. The topological polar surface area (TPSA) is 126 Å². The molecule has 3 aromatic rings. The van der Waals surface area contributed by atoms with E-state index in [0.717, 1.165) is 22.7 Å². The molecule has 32 heavy (non-hydrogen) atoms. The zero-order valence-corrected chi connectivity index (χ0v) is 19.8. The van der Waals surface area contributed by atoms with Gasteiger partial charge in [0, 0.05) is 6.54 Å². The lowest BCUT2D eigenvalue weighted by atomic mass is 10.1. The van der Waals surface area contributed by atoms with Crippen LogP contribution in [-0.2, 0) is 20.8 Å². The van der Waals surface area contributed by atoms with Gasteiger partial charge in [0.05, 0.1) is 37.4 Å². The summed E-state index contributed by atoms with van der Waals surface area (Å²) < 4.78 is 16.8. The van der Waals surface area contributed by atoms with Crippen LogP contribution in [0.4, 0.5) is 5.00 Å². The minimum absolute atomic E-state index is 0.0214. The maximum Gasteiger partial charge on any atom is 0.348 e. The zero-order valence-electron chi connectivity index (χ0n) is 18.2. The van der Waals surface area contributed by atoms with E-state index < -0.39 is 11.9 Å². The minimum atomic E-state index is -0.650. The maximum absolute atomic E-state index is 12.6. The van der Waals surface area contributed by atoms with Crippen LogP contribution in [0.25, 0.3) is 11.4 Å². The molecule has 0 fully saturated rings. The molecule has 0 unspecified atom stereocenters. The summed E-state index contributed by atoms with van der Waals surface area (Å²) in [5.74, 6) is -0.205. The number of furan rings is 1. The number of nitrogens with zero attached hydrogens (tertiary/aromatic N) is 3. The Bertz CT molecular complexity index is 1160. The largest absolute Gasteiger partial charge is 0.469 e. The van der Waals surface area contributed by atoms with Gasteiger partial charge < -0.3 is 23.8 Å². The van der Waals surface area contributed by atoms with Crippen molar-refractivity contribution >= 4 is 45.9 Å². The summed E-state index contributed by atoms with van der Waals surface area (Å²) in [5.41, 5.74) is 1.36. The van der Waals surface area contributed by atoms with Crippen LogP contribution < -0.4 is 5.32 Å². The highest BCUT2D eigenvalue weighted by Crippen LogP contribution is 2.34. The molecule has 0 saturated heterocycles. The summed E-state index contributed by atoms with van der Waals surface area (Å²) in [4.78, 5) is 37.1. The van der Waals surface area contributed by atoms with E-state index in [1.807, 2.05) is 24.5 Å². The van der Waals surface area contributed by atoms with Crippen molar-refractivity contribution in [2.24, 2.45) is 0 Å². The van der Waals surface area contributed by atoms with Crippen LogP contribution in [0.2, 0.25) is 0 Å². The number of hydrogen-bond acceptors (Lipinski definition) is 10. The highest BCUT2D eigenvalue weighted by molar-refractivity contribution is 7.99. The molecule has 3 rings (SSSR count). The Hall–Kier alpha value is -3.12. The number of aryl methyl sites for hydroxylation is 1. The van der Waals surface area contributed by atoms with Crippen molar-refractivity contribution in [1.29, 1.82) is 0 Å². The summed E-state index contributed by atoms with van der Waals surface area (Å²) in [6.45, 7) is 6.01. The Kier molecular flexibility index (Phi) is 7.36. The summed E-state index contributed by atoms with van der Waals surface area (Å²) in [7, 11) is 2.48. The molecule has 0 aliphatic heterocycles. The standard InChI is InChI=1S/C20H22N4O6S2/c1-6-24-16(12-7-8-30-11(12)3)22-23-20(24)31-9-13(25)21-17-14(18(26)28-4)10(2)15(32-17)19(27)29-5/h7-8H,6,9H2,1-5H3,(H,21,25). The Labute approximate surface area is 192 Å².